The molecule has 0 bridgehead atoms. The lowest BCUT2D eigenvalue weighted by Crippen LogP contribution is -2.41. The highest BCUT2D eigenvalue weighted by Gasteiger charge is 2.22. The number of aryl methyl sites for hydroxylation is 2. The molecule has 21 heavy (non-hydrogen) atoms. The van der Waals surface area contributed by atoms with Gasteiger partial charge in [0.25, 0.3) is 5.91 Å². The first kappa shape index (κ1) is 16.7. The Bertz CT molecular complexity index is 553. The molecule has 1 aromatic carbocycles. The highest BCUT2D eigenvalue weighted by atomic mass is 16.5. The zero-order valence-corrected chi connectivity index (χ0v) is 12.3. The fraction of sp³-hybridized carbons (Fsp3) is 0.400. The van der Waals surface area contributed by atoms with Gasteiger partial charge < -0.3 is 15.2 Å². The molecule has 6 heteroatoms. The molecule has 0 spiro atoms. The number of ether oxygens (including phenoxy) is 1. The average Bonchev–Trinajstić information content (AvgIpc) is 2.42. The number of carboxylic acids is 1. The van der Waals surface area contributed by atoms with Crippen molar-refractivity contribution in [2.75, 3.05) is 7.11 Å². The van der Waals surface area contributed by atoms with Crippen LogP contribution < -0.4 is 5.32 Å². The van der Waals surface area contributed by atoms with E-state index in [1.54, 1.807) is 19.1 Å². The summed E-state index contributed by atoms with van der Waals surface area (Å²) in [5.41, 5.74) is 2.21. The number of hydrogen-bond acceptors (Lipinski definition) is 4. The smallest absolute Gasteiger partial charge is 0.326 e. The maximum atomic E-state index is 12.1. The molecule has 0 aliphatic carbocycles. The minimum absolute atomic E-state index is 0.0152. The molecule has 2 N–H and O–H groups in total. The summed E-state index contributed by atoms with van der Waals surface area (Å²) in [6.45, 7) is 3.69. The standard InChI is InChI=1S/C15H19NO5/c1-9-4-5-11(10(2)8-9)14(18)16-12(15(19)20)6-7-13(17)21-3/h4-5,8,12H,6-7H2,1-3H3,(H,16,18)(H,19,20)/t12-/m1/s1. The summed E-state index contributed by atoms with van der Waals surface area (Å²) >= 11 is 0. The van der Waals surface area contributed by atoms with Crippen LogP contribution in [0.15, 0.2) is 18.2 Å². The van der Waals surface area contributed by atoms with Gasteiger partial charge in [-0.3, -0.25) is 9.59 Å². The molecule has 0 aromatic heterocycles. The Hall–Kier alpha value is -2.37. The fourth-order valence-electron chi connectivity index (χ4n) is 1.93. The largest absolute Gasteiger partial charge is 0.480 e. The second-order valence-electron chi connectivity index (χ2n) is 4.80. The van der Waals surface area contributed by atoms with Crippen LogP contribution in [-0.4, -0.2) is 36.1 Å². The van der Waals surface area contributed by atoms with Gasteiger partial charge in [0.15, 0.2) is 0 Å². The number of methoxy groups -OCH3 is 1. The van der Waals surface area contributed by atoms with Crippen LogP contribution in [0.5, 0.6) is 0 Å². The number of carbonyl (C=O) groups excluding carboxylic acids is 2. The van der Waals surface area contributed by atoms with Crippen LogP contribution in [0.4, 0.5) is 0 Å². The number of carbonyl (C=O) groups is 3. The Morgan fingerprint density at radius 1 is 1.29 bits per heavy atom. The highest BCUT2D eigenvalue weighted by Crippen LogP contribution is 2.11. The van der Waals surface area contributed by atoms with Gasteiger partial charge in [-0.15, -0.1) is 0 Å². The summed E-state index contributed by atoms with van der Waals surface area (Å²) < 4.78 is 4.46. The van der Waals surface area contributed by atoms with Crippen molar-refractivity contribution in [3.8, 4) is 0 Å². The maximum absolute atomic E-state index is 12.1. The highest BCUT2D eigenvalue weighted by molar-refractivity contribution is 5.97. The van der Waals surface area contributed by atoms with E-state index in [-0.39, 0.29) is 12.8 Å². The van der Waals surface area contributed by atoms with Crippen molar-refractivity contribution in [3.63, 3.8) is 0 Å². The molecule has 1 rings (SSSR count). The van der Waals surface area contributed by atoms with E-state index in [0.29, 0.717) is 5.56 Å². The number of amides is 1. The molecule has 0 aliphatic heterocycles. The first-order chi connectivity index (χ1) is 9.85. The van der Waals surface area contributed by atoms with Crippen LogP contribution >= 0.6 is 0 Å². The van der Waals surface area contributed by atoms with Gasteiger partial charge in [0.05, 0.1) is 7.11 Å². The molecule has 0 radical (unpaired) electrons. The van der Waals surface area contributed by atoms with Crippen LogP contribution in [0.1, 0.15) is 34.3 Å². The molecule has 6 nitrogen and oxygen atoms in total. The number of hydrogen-bond donors (Lipinski definition) is 2. The monoisotopic (exact) mass is 293 g/mol. The first-order valence-electron chi connectivity index (χ1n) is 6.53. The summed E-state index contributed by atoms with van der Waals surface area (Å²) in [6, 6.07) is 4.15. The van der Waals surface area contributed by atoms with Crippen molar-refractivity contribution in [2.24, 2.45) is 0 Å². The van der Waals surface area contributed by atoms with E-state index < -0.39 is 23.9 Å². The molecule has 0 saturated heterocycles. The Labute approximate surface area is 123 Å². The minimum Gasteiger partial charge on any atom is -0.480 e. The molecule has 1 amide bonds. The molecule has 1 aromatic rings. The summed E-state index contributed by atoms with van der Waals surface area (Å²) in [5.74, 6) is -2.16. The Balaban J connectivity index is 2.76. The number of nitrogens with one attached hydrogen (secondary N) is 1. The summed E-state index contributed by atoms with van der Waals surface area (Å²) in [4.78, 5) is 34.3. The Morgan fingerprint density at radius 2 is 1.95 bits per heavy atom. The fourth-order valence-corrected chi connectivity index (χ4v) is 1.93. The van der Waals surface area contributed by atoms with Gasteiger partial charge in [-0.25, -0.2) is 4.79 Å². The van der Waals surface area contributed by atoms with Gasteiger partial charge in [-0.1, -0.05) is 17.7 Å². The third-order valence-corrected chi connectivity index (χ3v) is 3.09. The topological polar surface area (TPSA) is 92.7 Å². The molecule has 0 unspecified atom stereocenters. The number of esters is 1. The second kappa shape index (κ2) is 7.42. The third-order valence-electron chi connectivity index (χ3n) is 3.09. The molecule has 114 valence electrons. The van der Waals surface area contributed by atoms with Gasteiger partial charge in [0.2, 0.25) is 0 Å². The molecule has 0 fully saturated rings. The predicted molar refractivity (Wildman–Crippen MR) is 76.1 cm³/mol. The van der Waals surface area contributed by atoms with E-state index in [1.807, 2.05) is 13.0 Å². The lowest BCUT2D eigenvalue weighted by Gasteiger charge is -2.15. The maximum Gasteiger partial charge on any atom is 0.326 e. The summed E-state index contributed by atoms with van der Waals surface area (Å²) in [5, 5.41) is 11.5. The van der Waals surface area contributed by atoms with Crippen molar-refractivity contribution in [1.29, 1.82) is 0 Å². The van der Waals surface area contributed by atoms with E-state index >= 15 is 0 Å². The number of benzene rings is 1. The molecular weight excluding hydrogens is 274 g/mol. The van der Waals surface area contributed by atoms with Gasteiger partial charge in [0, 0.05) is 12.0 Å². The first-order valence-corrected chi connectivity index (χ1v) is 6.53. The zero-order valence-electron chi connectivity index (χ0n) is 12.3. The minimum atomic E-state index is -1.18. The second-order valence-corrected chi connectivity index (χ2v) is 4.80. The van der Waals surface area contributed by atoms with Crippen LogP contribution in [0.2, 0.25) is 0 Å². The van der Waals surface area contributed by atoms with Crippen LogP contribution in [0.3, 0.4) is 0 Å². The molecular formula is C15H19NO5. The van der Waals surface area contributed by atoms with Gasteiger partial charge in [0.1, 0.15) is 6.04 Å². The lowest BCUT2D eigenvalue weighted by atomic mass is 10.0. The summed E-state index contributed by atoms with van der Waals surface area (Å²) in [6.07, 6.45) is -0.0840. The number of carboxylic acid groups (broad SMARTS) is 1. The lowest BCUT2D eigenvalue weighted by molar-refractivity contribution is -0.142. The predicted octanol–water partition coefficient (Wildman–Crippen LogP) is 1.44. The van der Waals surface area contributed by atoms with E-state index in [4.69, 9.17) is 5.11 Å². The average molecular weight is 293 g/mol. The normalized spacial score (nSPS) is 11.6. The van der Waals surface area contributed by atoms with Crippen molar-refractivity contribution < 1.29 is 24.2 Å². The van der Waals surface area contributed by atoms with Gasteiger partial charge >= 0.3 is 11.9 Å². The van der Waals surface area contributed by atoms with Crippen molar-refractivity contribution >= 4 is 17.8 Å². The Morgan fingerprint density at radius 3 is 2.48 bits per heavy atom. The SMILES string of the molecule is COC(=O)CC[C@@H](NC(=O)c1ccc(C)cc1C)C(=O)O. The summed E-state index contributed by atoms with van der Waals surface area (Å²) in [7, 11) is 1.23. The third kappa shape index (κ3) is 4.91. The quantitative estimate of drug-likeness (QED) is 0.774. The Kier molecular flexibility index (Phi) is 5.90. The van der Waals surface area contributed by atoms with Crippen molar-refractivity contribution in [3.05, 3.63) is 34.9 Å². The van der Waals surface area contributed by atoms with Crippen LogP contribution in [0, 0.1) is 13.8 Å². The molecule has 0 saturated carbocycles. The number of aliphatic carboxylic acids is 1. The van der Waals surface area contributed by atoms with Crippen molar-refractivity contribution in [1.82, 2.24) is 5.32 Å². The van der Waals surface area contributed by atoms with Crippen LogP contribution in [0.25, 0.3) is 0 Å². The zero-order chi connectivity index (χ0) is 16.0. The van der Waals surface area contributed by atoms with E-state index in [2.05, 4.69) is 10.1 Å². The van der Waals surface area contributed by atoms with Gasteiger partial charge in [-0.05, 0) is 31.9 Å². The van der Waals surface area contributed by atoms with E-state index in [1.165, 1.54) is 7.11 Å². The van der Waals surface area contributed by atoms with Crippen molar-refractivity contribution in [2.45, 2.75) is 32.7 Å². The molecule has 0 aliphatic rings. The molecule has 1 atom stereocenters. The molecule has 0 heterocycles. The van der Waals surface area contributed by atoms with Gasteiger partial charge in [-0.2, -0.15) is 0 Å². The number of rotatable bonds is 6. The van der Waals surface area contributed by atoms with E-state index in [9.17, 15) is 14.4 Å². The van der Waals surface area contributed by atoms with Crippen LogP contribution in [-0.2, 0) is 14.3 Å². The van der Waals surface area contributed by atoms with E-state index in [0.717, 1.165) is 11.1 Å².